The van der Waals surface area contributed by atoms with Crippen molar-refractivity contribution in [2.75, 3.05) is 0 Å². The molecule has 6 heteroatoms. The molecule has 8 aromatic rings. The molecule has 0 amide bonds. The quantitative estimate of drug-likeness (QED) is 0.246. The average molecular weight is 486 g/mol. The van der Waals surface area contributed by atoms with Gasteiger partial charge in [-0.1, -0.05) is 60.1 Å². The lowest BCUT2D eigenvalue weighted by Gasteiger charge is -2.03. The molecule has 0 bridgehead atoms. The van der Waals surface area contributed by atoms with Crippen molar-refractivity contribution in [2.45, 2.75) is 0 Å². The van der Waals surface area contributed by atoms with Gasteiger partial charge in [-0.2, -0.15) is 4.98 Å². The maximum atomic E-state index is 6.29. The first-order chi connectivity index (χ1) is 17.7. The number of para-hydroxylation sites is 1. The molecule has 8 rings (SSSR count). The average Bonchev–Trinajstić information content (AvgIpc) is 3.60. The topological polar surface area (TPSA) is 57.0 Å². The number of nitrogens with zero attached hydrogens (tertiary/aromatic N) is 3. The van der Waals surface area contributed by atoms with E-state index in [0.29, 0.717) is 28.1 Å². The molecule has 3 heterocycles. The third-order valence-electron chi connectivity index (χ3n) is 6.73. The van der Waals surface area contributed by atoms with E-state index in [9.17, 15) is 0 Å². The lowest BCUT2D eigenvalue weighted by atomic mass is 10.0. The zero-order valence-electron chi connectivity index (χ0n) is 18.8. The van der Waals surface area contributed by atoms with Gasteiger partial charge in [-0.15, -0.1) is 0 Å². The van der Waals surface area contributed by atoms with Gasteiger partial charge < -0.3 is 8.83 Å². The summed E-state index contributed by atoms with van der Waals surface area (Å²) in [6.45, 7) is 0. The van der Waals surface area contributed by atoms with Gasteiger partial charge in [0.25, 0.3) is 0 Å². The third-order valence-corrected chi connectivity index (χ3v) is 6.96. The van der Waals surface area contributed by atoms with Gasteiger partial charge in [0.15, 0.2) is 11.2 Å². The Morgan fingerprint density at radius 2 is 1.42 bits per heavy atom. The van der Waals surface area contributed by atoms with E-state index in [4.69, 9.17) is 25.4 Å². The number of halogens is 1. The van der Waals surface area contributed by atoms with Crippen molar-refractivity contribution in [1.82, 2.24) is 14.5 Å². The monoisotopic (exact) mass is 485 g/mol. The molecule has 0 aliphatic heterocycles. The summed E-state index contributed by atoms with van der Waals surface area (Å²) in [4.78, 5) is 9.50. The van der Waals surface area contributed by atoms with E-state index >= 15 is 0 Å². The van der Waals surface area contributed by atoms with Crippen LogP contribution in [0.15, 0.2) is 106 Å². The van der Waals surface area contributed by atoms with Crippen molar-refractivity contribution >= 4 is 66.4 Å². The van der Waals surface area contributed by atoms with Crippen molar-refractivity contribution < 1.29 is 8.83 Å². The molecule has 0 atom stereocenters. The Kier molecular flexibility index (Phi) is 3.93. The first-order valence-electron chi connectivity index (χ1n) is 11.6. The van der Waals surface area contributed by atoms with Crippen LogP contribution in [0.1, 0.15) is 0 Å². The summed E-state index contributed by atoms with van der Waals surface area (Å²) in [5.41, 5.74) is 5.75. The van der Waals surface area contributed by atoms with Crippen LogP contribution in [0.25, 0.3) is 72.2 Å². The first kappa shape index (κ1) is 19.7. The maximum absolute atomic E-state index is 6.29. The van der Waals surface area contributed by atoms with Crippen molar-refractivity contribution in [3.63, 3.8) is 0 Å². The highest BCUT2D eigenvalue weighted by molar-refractivity contribution is 6.31. The molecular weight excluding hydrogens is 470 g/mol. The van der Waals surface area contributed by atoms with Crippen molar-refractivity contribution in [3.8, 4) is 17.5 Å². The summed E-state index contributed by atoms with van der Waals surface area (Å²) in [7, 11) is 0. The molecule has 5 nitrogen and oxygen atoms in total. The Morgan fingerprint density at radius 3 is 2.36 bits per heavy atom. The molecule has 0 spiro atoms. The number of hydrogen-bond donors (Lipinski definition) is 0. The van der Waals surface area contributed by atoms with E-state index in [-0.39, 0.29) is 0 Å². The van der Waals surface area contributed by atoms with Gasteiger partial charge in [0.05, 0.1) is 11.0 Å². The first-order valence-corrected chi connectivity index (χ1v) is 12.0. The molecule has 36 heavy (non-hydrogen) atoms. The van der Waals surface area contributed by atoms with Gasteiger partial charge in [-0.3, -0.25) is 4.57 Å². The second-order valence-electron chi connectivity index (χ2n) is 8.84. The minimum atomic E-state index is 0.516. The molecule has 3 aromatic heterocycles. The van der Waals surface area contributed by atoms with E-state index in [1.165, 1.54) is 16.2 Å². The van der Waals surface area contributed by atoms with Crippen LogP contribution in [0.4, 0.5) is 0 Å². The van der Waals surface area contributed by atoms with E-state index in [1.54, 1.807) is 12.1 Å². The summed E-state index contributed by atoms with van der Waals surface area (Å²) < 4.78 is 14.3. The zero-order chi connectivity index (χ0) is 23.8. The third kappa shape index (κ3) is 2.78. The van der Waals surface area contributed by atoms with Crippen LogP contribution >= 0.6 is 11.6 Å². The minimum Gasteiger partial charge on any atom is -0.436 e. The Morgan fingerprint density at radius 1 is 0.639 bits per heavy atom. The SMILES string of the molecule is Clc1ccc2oc(-c3ccc4oc(-n5c6ccccc6c6c7ccccc7ccc65)nc4c3)nc2c1. The van der Waals surface area contributed by atoms with E-state index in [1.807, 2.05) is 30.3 Å². The smallest absolute Gasteiger partial charge is 0.307 e. The fraction of sp³-hybridized carbons (Fsp3) is 0. The van der Waals surface area contributed by atoms with Crippen molar-refractivity contribution in [1.29, 1.82) is 0 Å². The van der Waals surface area contributed by atoms with Crippen LogP contribution in [-0.2, 0) is 0 Å². The molecule has 0 saturated carbocycles. The van der Waals surface area contributed by atoms with Gasteiger partial charge in [0.1, 0.15) is 11.0 Å². The largest absolute Gasteiger partial charge is 0.436 e. The lowest BCUT2D eigenvalue weighted by Crippen LogP contribution is -1.93. The predicted octanol–water partition coefficient (Wildman–Crippen LogP) is 8.54. The Bertz CT molecular complexity index is 2130. The molecule has 0 saturated heterocycles. The summed E-state index contributed by atoms with van der Waals surface area (Å²) in [6.07, 6.45) is 0. The summed E-state index contributed by atoms with van der Waals surface area (Å²) in [6, 6.07) is 32.8. The van der Waals surface area contributed by atoms with Gasteiger partial charge in [0.2, 0.25) is 5.89 Å². The number of aromatic nitrogens is 3. The summed E-state index contributed by atoms with van der Waals surface area (Å²) in [5.74, 6) is 0.516. The van der Waals surface area contributed by atoms with Gasteiger partial charge in [-0.05, 0) is 59.3 Å². The molecule has 0 aliphatic carbocycles. The standard InChI is InChI=1S/C30H16ClN3O2/c31-19-11-14-26-23(16-19)32-29(35-26)18-10-13-27-22(15-18)33-30(36-27)34-24-8-4-3-7-21(24)28-20-6-2-1-5-17(20)9-12-25(28)34/h1-16H. The molecule has 0 radical (unpaired) electrons. The van der Waals surface area contributed by atoms with Crippen molar-refractivity contribution in [2.24, 2.45) is 0 Å². The van der Waals surface area contributed by atoms with Crippen LogP contribution < -0.4 is 0 Å². The van der Waals surface area contributed by atoms with Gasteiger partial charge in [-0.25, -0.2) is 4.98 Å². The molecule has 0 fully saturated rings. The van der Waals surface area contributed by atoms with Crippen LogP contribution in [0.2, 0.25) is 5.02 Å². The van der Waals surface area contributed by atoms with Gasteiger partial charge in [0, 0.05) is 21.4 Å². The number of benzene rings is 5. The zero-order valence-corrected chi connectivity index (χ0v) is 19.5. The minimum absolute atomic E-state index is 0.516. The summed E-state index contributed by atoms with van der Waals surface area (Å²) in [5, 5.41) is 5.39. The maximum Gasteiger partial charge on any atom is 0.307 e. The summed E-state index contributed by atoms with van der Waals surface area (Å²) >= 11 is 6.11. The van der Waals surface area contributed by atoms with E-state index in [2.05, 4.69) is 64.1 Å². The fourth-order valence-corrected chi connectivity index (χ4v) is 5.28. The molecule has 0 unspecified atom stereocenters. The fourth-order valence-electron chi connectivity index (χ4n) is 5.11. The highest BCUT2D eigenvalue weighted by Gasteiger charge is 2.19. The van der Waals surface area contributed by atoms with Crippen LogP contribution in [0.3, 0.4) is 0 Å². The Labute approximate surface area is 209 Å². The second-order valence-corrected chi connectivity index (χ2v) is 9.28. The highest BCUT2D eigenvalue weighted by Crippen LogP contribution is 2.37. The van der Waals surface area contributed by atoms with E-state index < -0.39 is 0 Å². The van der Waals surface area contributed by atoms with Crippen LogP contribution in [-0.4, -0.2) is 14.5 Å². The normalized spacial score (nSPS) is 12.0. The van der Waals surface area contributed by atoms with Gasteiger partial charge >= 0.3 is 6.01 Å². The van der Waals surface area contributed by atoms with Crippen LogP contribution in [0, 0.1) is 0 Å². The number of hydrogen-bond acceptors (Lipinski definition) is 4. The number of oxazole rings is 2. The molecule has 0 aliphatic rings. The lowest BCUT2D eigenvalue weighted by molar-refractivity contribution is 0.574. The van der Waals surface area contributed by atoms with Crippen LogP contribution in [0.5, 0.6) is 0 Å². The highest BCUT2D eigenvalue weighted by atomic mass is 35.5. The van der Waals surface area contributed by atoms with Crippen molar-refractivity contribution in [3.05, 3.63) is 102 Å². The number of rotatable bonds is 2. The molecule has 0 N–H and O–H groups in total. The Balaban J connectivity index is 1.35. The Hall–Kier alpha value is -4.61. The second kappa shape index (κ2) is 7.20. The number of fused-ring (bicyclic) bond motifs is 7. The molecule has 5 aromatic carbocycles. The molecular formula is C30H16ClN3O2. The molecule has 170 valence electrons. The van der Waals surface area contributed by atoms with E-state index in [0.717, 1.165) is 33.0 Å². The predicted molar refractivity (Wildman–Crippen MR) is 144 cm³/mol.